The van der Waals surface area contributed by atoms with E-state index in [1.165, 1.54) is 17.4 Å². The predicted molar refractivity (Wildman–Crippen MR) is 69.9 cm³/mol. The molecule has 0 saturated carbocycles. The topological polar surface area (TPSA) is 26.3 Å². The third-order valence-corrected chi connectivity index (χ3v) is 3.82. The zero-order valence-electron chi connectivity index (χ0n) is 10.3. The molecule has 2 nitrogen and oxygen atoms in total. The van der Waals surface area contributed by atoms with Crippen LogP contribution in [0.3, 0.4) is 0 Å². The molecule has 0 amide bonds. The maximum atomic E-state index is 13.3. The molecule has 2 aromatic rings. The summed E-state index contributed by atoms with van der Waals surface area (Å²) in [6, 6.07) is 6.98. The molecule has 0 saturated heterocycles. The predicted octanol–water partition coefficient (Wildman–Crippen LogP) is 3.85. The van der Waals surface area contributed by atoms with Gasteiger partial charge < -0.3 is 4.74 Å². The lowest BCUT2D eigenvalue weighted by Gasteiger charge is -2.06. The van der Waals surface area contributed by atoms with Crippen molar-refractivity contribution < 1.29 is 18.3 Å². The fourth-order valence-corrected chi connectivity index (χ4v) is 2.42. The van der Waals surface area contributed by atoms with Gasteiger partial charge >= 0.3 is 0 Å². The summed E-state index contributed by atoms with van der Waals surface area (Å²) in [5, 5.41) is 0. The quantitative estimate of drug-likeness (QED) is 0.779. The Labute approximate surface area is 113 Å². The largest absolute Gasteiger partial charge is 0.479 e. The number of carbonyl (C=O) groups is 1. The molecule has 0 unspecified atom stereocenters. The summed E-state index contributed by atoms with van der Waals surface area (Å²) in [6.45, 7) is 1.62. The molecule has 0 fully saturated rings. The van der Waals surface area contributed by atoms with Crippen LogP contribution in [0.15, 0.2) is 30.3 Å². The van der Waals surface area contributed by atoms with Gasteiger partial charge in [-0.15, -0.1) is 11.3 Å². The molecule has 100 valence electrons. The van der Waals surface area contributed by atoms with E-state index in [0.29, 0.717) is 4.88 Å². The van der Waals surface area contributed by atoms with Gasteiger partial charge in [-0.3, -0.25) is 4.79 Å². The Hall–Kier alpha value is -1.75. The van der Waals surface area contributed by atoms with Crippen LogP contribution in [-0.2, 0) is 6.42 Å². The van der Waals surface area contributed by atoms with E-state index in [1.54, 1.807) is 6.07 Å². The van der Waals surface area contributed by atoms with Gasteiger partial charge in [-0.1, -0.05) is 13.0 Å². The third kappa shape index (κ3) is 3.17. The van der Waals surface area contributed by atoms with E-state index in [2.05, 4.69) is 0 Å². The Morgan fingerprint density at radius 1 is 1.21 bits per heavy atom. The van der Waals surface area contributed by atoms with Crippen LogP contribution in [0.4, 0.5) is 8.78 Å². The maximum Gasteiger partial charge on any atom is 0.210 e. The smallest absolute Gasteiger partial charge is 0.210 e. The van der Waals surface area contributed by atoms with Crippen molar-refractivity contribution in [2.24, 2.45) is 0 Å². The van der Waals surface area contributed by atoms with E-state index in [0.717, 1.165) is 23.4 Å². The van der Waals surface area contributed by atoms with Crippen molar-refractivity contribution in [1.82, 2.24) is 0 Å². The minimum atomic E-state index is -0.812. The lowest BCUT2D eigenvalue weighted by Crippen LogP contribution is -2.11. The SMILES string of the molecule is CCc1ccc(C(=O)COc2c(F)cccc2F)s1. The number of carbonyl (C=O) groups excluding carboxylic acids is 1. The number of hydrogen-bond acceptors (Lipinski definition) is 3. The van der Waals surface area contributed by atoms with Crippen molar-refractivity contribution in [1.29, 1.82) is 0 Å². The van der Waals surface area contributed by atoms with Crippen LogP contribution in [0.1, 0.15) is 21.5 Å². The zero-order valence-corrected chi connectivity index (χ0v) is 11.1. The molecule has 0 radical (unpaired) electrons. The monoisotopic (exact) mass is 282 g/mol. The van der Waals surface area contributed by atoms with Gasteiger partial charge in [0.2, 0.25) is 5.78 Å². The van der Waals surface area contributed by atoms with E-state index < -0.39 is 17.4 Å². The first-order valence-electron chi connectivity index (χ1n) is 5.80. The van der Waals surface area contributed by atoms with Gasteiger partial charge in [0.05, 0.1) is 4.88 Å². The molecule has 0 aliphatic carbocycles. The van der Waals surface area contributed by atoms with Crippen LogP contribution in [0.2, 0.25) is 0 Å². The van der Waals surface area contributed by atoms with Crippen LogP contribution in [-0.4, -0.2) is 12.4 Å². The average molecular weight is 282 g/mol. The Kier molecular flexibility index (Phi) is 4.27. The lowest BCUT2D eigenvalue weighted by molar-refractivity contribution is 0.0919. The number of ketones is 1. The molecular formula is C14H12F2O2S. The molecule has 0 bridgehead atoms. The first kappa shape index (κ1) is 13.7. The summed E-state index contributed by atoms with van der Waals surface area (Å²) >= 11 is 1.37. The standard InChI is InChI=1S/C14H12F2O2S/c1-2-9-6-7-13(19-9)12(17)8-18-14-10(15)4-3-5-11(14)16/h3-7H,2,8H2,1H3. The highest BCUT2D eigenvalue weighted by Crippen LogP contribution is 2.22. The molecule has 0 spiro atoms. The zero-order chi connectivity index (χ0) is 13.8. The van der Waals surface area contributed by atoms with E-state index in [-0.39, 0.29) is 12.4 Å². The first-order chi connectivity index (χ1) is 9.11. The van der Waals surface area contributed by atoms with Crippen LogP contribution < -0.4 is 4.74 Å². The van der Waals surface area contributed by atoms with Gasteiger partial charge in [-0.05, 0) is 30.7 Å². The van der Waals surface area contributed by atoms with Crippen molar-refractivity contribution in [3.05, 3.63) is 51.7 Å². The number of thiophene rings is 1. The van der Waals surface area contributed by atoms with Crippen molar-refractivity contribution in [3.8, 4) is 5.75 Å². The maximum absolute atomic E-state index is 13.3. The second-order valence-electron chi connectivity index (χ2n) is 3.88. The number of ether oxygens (including phenoxy) is 1. The number of halogens is 2. The summed E-state index contributed by atoms with van der Waals surface area (Å²) in [7, 11) is 0. The Balaban J connectivity index is 2.04. The van der Waals surface area contributed by atoms with E-state index in [9.17, 15) is 13.6 Å². The number of rotatable bonds is 5. The van der Waals surface area contributed by atoms with Crippen LogP contribution >= 0.6 is 11.3 Å². The highest BCUT2D eigenvalue weighted by atomic mass is 32.1. The Morgan fingerprint density at radius 3 is 2.47 bits per heavy atom. The minimum absolute atomic E-state index is 0.285. The van der Waals surface area contributed by atoms with Crippen molar-refractivity contribution in [2.45, 2.75) is 13.3 Å². The van der Waals surface area contributed by atoms with Crippen LogP contribution in [0.5, 0.6) is 5.75 Å². The van der Waals surface area contributed by atoms with Crippen molar-refractivity contribution in [3.63, 3.8) is 0 Å². The molecule has 0 aliphatic heterocycles. The summed E-state index contributed by atoms with van der Waals surface area (Å²) in [6.07, 6.45) is 0.848. The van der Waals surface area contributed by atoms with Gasteiger partial charge in [0, 0.05) is 4.88 Å². The number of para-hydroxylation sites is 1. The second-order valence-corrected chi connectivity index (χ2v) is 5.05. The van der Waals surface area contributed by atoms with Gasteiger partial charge in [-0.2, -0.15) is 0 Å². The average Bonchev–Trinajstić information content (AvgIpc) is 2.86. The summed E-state index contributed by atoms with van der Waals surface area (Å²) in [5.74, 6) is -2.42. The van der Waals surface area contributed by atoms with Crippen molar-refractivity contribution >= 4 is 17.1 Å². The Morgan fingerprint density at radius 2 is 1.89 bits per heavy atom. The molecule has 1 aromatic heterocycles. The second kappa shape index (κ2) is 5.93. The summed E-state index contributed by atoms with van der Waals surface area (Å²) in [4.78, 5) is 13.4. The van der Waals surface area contributed by atoms with Gasteiger partial charge in [-0.25, -0.2) is 8.78 Å². The summed E-state index contributed by atoms with van der Waals surface area (Å²) in [5.41, 5.74) is 0. The van der Waals surface area contributed by atoms with Crippen LogP contribution in [0.25, 0.3) is 0 Å². The molecule has 0 N–H and O–H groups in total. The normalized spacial score (nSPS) is 10.5. The van der Waals surface area contributed by atoms with Gasteiger partial charge in [0.1, 0.15) is 0 Å². The molecule has 2 rings (SSSR count). The van der Waals surface area contributed by atoms with E-state index in [1.807, 2.05) is 13.0 Å². The third-order valence-electron chi connectivity index (χ3n) is 2.55. The van der Waals surface area contributed by atoms with E-state index >= 15 is 0 Å². The van der Waals surface area contributed by atoms with Crippen LogP contribution in [0, 0.1) is 11.6 Å². The van der Waals surface area contributed by atoms with E-state index in [4.69, 9.17) is 4.74 Å². The molecule has 5 heteroatoms. The first-order valence-corrected chi connectivity index (χ1v) is 6.62. The number of benzene rings is 1. The molecule has 19 heavy (non-hydrogen) atoms. The summed E-state index contributed by atoms with van der Waals surface area (Å²) < 4.78 is 31.5. The number of hydrogen-bond donors (Lipinski definition) is 0. The molecule has 0 aliphatic rings. The molecule has 1 heterocycles. The minimum Gasteiger partial charge on any atom is -0.479 e. The fourth-order valence-electron chi connectivity index (χ4n) is 1.55. The Bertz CT molecular complexity index is 573. The highest BCUT2D eigenvalue weighted by Gasteiger charge is 2.14. The fraction of sp³-hybridized carbons (Fsp3) is 0.214. The molecule has 0 atom stereocenters. The van der Waals surface area contributed by atoms with Crippen molar-refractivity contribution in [2.75, 3.05) is 6.61 Å². The van der Waals surface area contributed by atoms with Gasteiger partial charge in [0.25, 0.3) is 0 Å². The molecular weight excluding hydrogens is 270 g/mol. The number of Topliss-reactive ketones (excluding diaryl/α,β-unsaturated/α-hetero) is 1. The number of aryl methyl sites for hydroxylation is 1. The van der Waals surface area contributed by atoms with Gasteiger partial charge in [0.15, 0.2) is 24.0 Å². The lowest BCUT2D eigenvalue weighted by atomic mass is 10.3. The molecule has 1 aromatic carbocycles. The highest BCUT2D eigenvalue weighted by molar-refractivity contribution is 7.14.